The minimum atomic E-state index is 0.537. The predicted octanol–water partition coefficient (Wildman–Crippen LogP) is 3.65. The third kappa shape index (κ3) is 1.95. The first-order valence-corrected chi connectivity index (χ1v) is 6.73. The lowest BCUT2D eigenvalue weighted by atomic mass is 9.81. The molecular formula is C17H19N. The maximum atomic E-state index is 5.71. The summed E-state index contributed by atoms with van der Waals surface area (Å²) in [6.07, 6.45) is 13.6. The van der Waals surface area contributed by atoms with E-state index >= 15 is 0 Å². The Labute approximate surface area is 109 Å². The molecule has 2 aliphatic rings. The van der Waals surface area contributed by atoms with Gasteiger partial charge in [-0.1, -0.05) is 54.6 Å². The maximum Gasteiger partial charge on any atom is 0.0112 e. The summed E-state index contributed by atoms with van der Waals surface area (Å²) in [4.78, 5) is 0. The highest BCUT2D eigenvalue weighted by Crippen LogP contribution is 2.42. The van der Waals surface area contributed by atoms with Crippen LogP contribution in [0.15, 0.2) is 54.6 Å². The van der Waals surface area contributed by atoms with Crippen LogP contribution >= 0.6 is 0 Å². The maximum absolute atomic E-state index is 5.71. The van der Waals surface area contributed by atoms with Crippen LogP contribution in [0.4, 0.5) is 0 Å². The number of hydrogen-bond acceptors (Lipinski definition) is 1. The molecule has 0 bridgehead atoms. The standard InChI is InChI=1S/C17H19N/c18-12-11-14-10-9-13-5-1-2-6-15(13)17-8-4-3-7-16(14)17/h1-8,11,13,15H,9-10,12,18H2. The molecule has 2 atom stereocenters. The van der Waals surface area contributed by atoms with Crippen LogP contribution in [0.1, 0.15) is 29.9 Å². The van der Waals surface area contributed by atoms with Gasteiger partial charge in [0.1, 0.15) is 0 Å². The zero-order valence-electron chi connectivity index (χ0n) is 10.5. The van der Waals surface area contributed by atoms with Crippen molar-refractivity contribution in [1.82, 2.24) is 0 Å². The Hall–Kier alpha value is -1.60. The van der Waals surface area contributed by atoms with Gasteiger partial charge in [0, 0.05) is 12.5 Å². The molecule has 92 valence electrons. The first-order chi connectivity index (χ1) is 8.90. The topological polar surface area (TPSA) is 26.0 Å². The number of nitrogens with two attached hydrogens (primary N) is 1. The first-order valence-electron chi connectivity index (χ1n) is 6.73. The summed E-state index contributed by atoms with van der Waals surface area (Å²) in [6, 6.07) is 8.79. The zero-order chi connectivity index (χ0) is 12.4. The van der Waals surface area contributed by atoms with Crippen molar-refractivity contribution in [2.75, 3.05) is 6.54 Å². The van der Waals surface area contributed by atoms with Crippen LogP contribution in [0.3, 0.4) is 0 Å². The Balaban J connectivity index is 2.12. The van der Waals surface area contributed by atoms with E-state index in [1.807, 2.05) is 0 Å². The lowest BCUT2D eigenvalue weighted by molar-refractivity contribution is 0.549. The lowest BCUT2D eigenvalue weighted by Gasteiger charge is -2.23. The van der Waals surface area contributed by atoms with Gasteiger partial charge in [0.15, 0.2) is 0 Å². The van der Waals surface area contributed by atoms with Gasteiger partial charge in [-0.25, -0.2) is 0 Å². The van der Waals surface area contributed by atoms with Gasteiger partial charge in [0.25, 0.3) is 0 Å². The molecule has 1 aromatic rings. The van der Waals surface area contributed by atoms with Gasteiger partial charge in [-0.2, -0.15) is 0 Å². The Kier molecular flexibility index (Phi) is 3.16. The molecule has 0 saturated heterocycles. The average molecular weight is 237 g/mol. The molecule has 3 rings (SSSR count). The van der Waals surface area contributed by atoms with Gasteiger partial charge < -0.3 is 5.73 Å². The van der Waals surface area contributed by atoms with Crippen LogP contribution < -0.4 is 5.73 Å². The second-order valence-corrected chi connectivity index (χ2v) is 5.05. The predicted molar refractivity (Wildman–Crippen MR) is 77.2 cm³/mol. The molecule has 18 heavy (non-hydrogen) atoms. The van der Waals surface area contributed by atoms with Gasteiger partial charge in [-0.05, 0) is 35.5 Å². The molecule has 0 amide bonds. The van der Waals surface area contributed by atoms with E-state index in [4.69, 9.17) is 5.73 Å². The molecule has 0 spiro atoms. The van der Waals surface area contributed by atoms with Crippen molar-refractivity contribution in [3.63, 3.8) is 0 Å². The summed E-state index contributed by atoms with van der Waals surface area (Å²) in [5.41, 5.74) is 9.99. The number of benzene rings is 1. The van der Waals surface area contributed by atoms with Gasteiger partial charge in [0.2, 0.25) is 0 Å². The van der Waals surface area contributed by atoms with Crippen LogP contribution in [-0.2, 0) is 0 Å². The fourth-order valence-corrected chi connectivity index (χ4v) is 3.15. The average Bonchev–Trinajstić information content (AvgIpc) is 2.58. The number of hydrogen-bond donors (Lipinski definition) is 1. The second kappa shape index (κ2) is 4.95. The molecule has 2 N–H and O–H groups in total. The smallest absolute Gasteiger partial charge is 0.0112 e. The minimum Gasteiger partial charge on any atom is -0.327 e. The quantitative estimate of drug-likeness (QED) is 0.792. The summed E-state index contributed by atoms with van der Waals surface area (Å²) < 4.78 is 0. The van der Waals surface area contributed by atoms with Crippen molar-refractivity contribution in [3.8, 4) is 0 Å². The van der Waals surface area contributed by atoms with Crippen LogP contribution in [0.2, 0.25) is 0 Å². The van der Waals surface area contributed by atoms with Crippen molar-refractivity contribution < 1.29 is 0 Å². The minimum absolute atomic E-state index is 0.537. The molecule has 0 heterocycles. The van der Waals surface area contributed by atoms with Gasteiger partial charge >= 0.3 is 0 Å². The molecule has 1 nitrogen and oxygen atoms in total. The highest BCUT2D eigenvalue weighted by Gasteiger charge is 2.26. The summed E-state index contributed by atoms with van der Waals surface area (Å²) in [5, 5.41) is 0. The van der Waals surface area contributed by atoms with Crippen molar-refractivity contribution in [2.24, 2.45) is 11.7 Å². The van der Waals surface area contributed by atoms with Crippen molar-refractivity contribution in [3.05, 3.63) is 65.8 Å². The van der Waals surface area contributed by atoms with E-state index in [-0.39, 0.29) is 0 Å². The largest absolute Gasteiger partial charge is 0.327 e. The van der Waals surface area contributed by atoms with Crippen molar-refractivity contribution in [2.45, 2.75) is 18.8 Å². The third-order valence-corrected chi connectivity index (χ3v) is 4.03. The first kappa shape index (κ1) is 11.5. The normalized spacial score (nSPS) is 27.7. The van der Waals surface area contributed by atoms with Crippen molar-refractivity contribution >= 4 is 5.57 Å². The summed E-state index contributed by atoms with van der Waals surface area (Å²) in [7, 11) is 0. The van der Waals surface area contributed by atoms with E-state index in [2.05, 4.69) is 54.6 Å². The zero-order valence-corrected chi connectivity index (χ0v) is 10.5. The monoisotopic (exact) mass is 237 g/mol. The van der Waals surface area contributed by atoms with Crippen LogP contribution in [-0.4, -0.2) is 6.54 Å². The Morgan fingerprint density at radius 2 is 2.00 bits per heavy atom. The third-order valence-electron chi connectivity index (χ3n) is 4.03. The second-order valence-electron chi connectivity index (χ2n) is 5.05. The van der Waals surface area contributed by atoms with E-state index in [0.717, 1.165) is 6.42 Å². The summed E-state index contributed by atoms with van der Waals surface area (Å²) >= 11 is 0. The van der Waals surface area contributed by atoms with Crippen LogP contribution in [0.25, 0.3) is 5.57 Å². The van der Waals surface area contributed by atoms with Crippen LogP contribution in [0, 0.1) is 5.92 Å². The van der Waals surface area contributed by atoms with Gasteiger partial charge in [-0.3, -0.25) is 0 Å². The fourth-order valence-electron chi connectivity index (χ4n) is 3.15. The van der Waals surface area contributed by atoms with Gasteiger partial charge in [0.05, 0.1) is 0 Å². The molecule has 2 unspecified atom stereocenters. The Morgan fingerprint density at radius 1 is 1.17 bits per heavy atom. The van der Waals surface area contributed by atoms with E-state index in [0.29, 0.717) is 18.4 Å². The molecule has 0 aromatic heterocycles. The molecule has 0 aliphatic heterocycles. The molecule has 0 fully saturated rings. The van der Waals surface area contributed by atoms with E-state index in [1.165, 1.54) is 23.1 Å². The SMILES string of the molecule is NCC=C1CCC2C=CC=CC2c2ccccc21. The Bertz CT molecular complexity index is 522. The Morgan fingerprint density at radius 3 is 2.89 bits per heavy atom. The van der Waals surface area contributed by atoms with E-state index in [1.54, 1.807) is 0 Å². The molecule has 0 radical (unpaired) electrons. The molecular weight excluding hydrogens is 218 g/mol. The molecule has 1 aromatic carbocycles. The van der Waals surface area contributed by atoms with E-state index in [9.17, 15) is 0 Å². The highest BCUT2D eigenvalue weighted by molar-refractivity contribution is 5.70. The molecule has 2 aliphatic carbocycles. The molecule has 0 saturated carbocycles. The van der Waals surface area contributed by atoms with Gasteiger partial charge in [-0.15, -0.1) is 0 Å². The molecule has 1 heteroatoms. The summed E-state index contributed by atoms with van der Waals surface area (Å²) in [6.45, 7) is 0.630. The number of rotatable bonds is 1. The number of fused-ring (bicyclic) bond motifs is 3. The lowest BCUT2D eigenvalue weighted by Crippen LogP contribution is -2.09. The summed E-state index contributed by atoms with van der Waals surface area (Å²) in [5.74, 6) is 1.18. The van der Waals surface area contributed by atoms with Crippen LogP contribution in [0.5, 0.6) is 0 Å². The highest BCUT2D eigenvalue weighted by atomic mass is 14.5. The van der Waals surface area contributed by atoms with Crippen molar-refractivity contribution in [1.29, 1.82) is 0 Å². The number of allylic oxidation sites excluding steroid dienone is 5. The van der Waals surface area contributed by atoms with E-state index < -0.39 is 0 Å². The fraction of sp³-hybridized carbons (Fsp3) is 0.294.